The van der Waals surface area contributed by atoms with E-state index in [9.17, 15) is 0 Å². The van der Waals surface area contributed by atoms with Gasteiger partial charge in [0.2, 0.25) is 0 Å². The maximum Gasteiger partial charge on any atom is 0.138 e. The number of imidazole rings is 1. The van der Waals surface area contributed by atoms with Crippen LogP contribution in [-0.4, -0.2) is 19.4 Å². The highest BCUT2D eigenvalue weighted by molar-refractivity contribution is 9.10. The van der Waals surface area contributed by atoms with Gasteiger partial charge in [0.25, 0.3) is 0 Å². The molecule has 0 atom stereocenters. The van der Waals surface area contributed by atoms with Gasteiger partial charge in [-0.3, -0.25) is 0 Å². The number of hydrogen-bond donors (Lipinski definition) is 1. The second-order valence-electron chi connectivity index (χ2n) is 4.84. The molecule has 6 heteroatoms. The third-order valence-corrected chi connectivity index (χ3v) is 3.71. The van der Waals surface area contributed by atoms with Gasteiger partial charge in [0.15, 0.2) is 0 Å². The topological polar surface area (TPSA) is 55.1 Å². The number of halogens is 1. The second kappa shape index (κ2) is 5.81. The molecular formula is C15H16BrN5. The minimum Gasteiger partial charge on any atom is -0.364 e. The molecule has 0 spiro atoms. The number of nitrogens with zero attached hydrogens (tertiary/aromatic N) is 4. The fourth-order valence-corrected chi connectivity index (χ4v) is 2.52. The largest absolute Gasteiger partial charge is 0.364 e. The van der Waals surface area contributed by atoms with Crippen LogP contribution in [0.1, 0.15) is 24.1 Å². The number of fused-ring (bicyclic) bond motifs is 1. The first-order chi connectivity index (χ1) is 10.2. The van der Waals surface area contributed by atoms with E-state index in [2.05, 4.69) is 47.5 Å². The molecular weight excluding hydrogens is 330 g/mol. The zero-order valence-electron chi connectivity index (χ0n) is 12.0. The van der Waals surface area contributed by atoms with E-state index in [1.165, 1.54) is 0 Å². The summed E-state index contributed by atoms with van der Waals surface area (Å²) in [7, 11) is 0. The molecule has 3 aromatic rings. The third kappa shape index (κ3) is 3.05. The molecule has 1 N–H and O–H groups in total. The van der Waals surface area contributed by atoms with Crippen LogP contribution in [0.3, 0.4) is 0 Å². The molecule has 0 amide bonds. The van der Waals surface area contributed by atoms with E-state index in [0.717, 1.165) is 39.6 Å². The summed E-state index contributed by atoms with van der Waals surface area (Å²) in [4.78, 5) is 13.3. The van der Waals surface area contributed by atoms with E-state index in [4.69, 9.17) is 0 Å². The Bertz CT molecular complexity index is 781. The van der Waals surface area contributed by atoms with Crippen LogP contribution in [0.2, 0.25) is 0 Å². The van der Waals surface area contributed by atoms with Crippen LogP contribution in [0.5, 0.6) is 0 Å². The molecule has 0 bridgehead atoms. The molecule has 0 saturated carbocycles. The van der Waals surface area contributed by atoms with Crippen molar-refractivity contribution in [2.75, 3.05) is 5.32 Å². The normalized spacial score (nSPS) is 11.0. The van der Waals surface area contributed by atoms with Gasteiger partial charge in [-0.25, -0.2) is 15.0 Å². The van der Waals surface area contributed by atoms with Gasteiger partial charge in [0.1, 0.15) is 17.3 Å². The summed E-state index contributed by atoms with van der Waals surface area (Å²) in [5.41, 5.74) is 2.99. The summed E-state index contributed by atoms with van der Waals surface area (Å²) in [6.45, 7) is 4.71. The van der Waals surface area contributed by atoms with Crippen molar-refractivity contribution in [3.63, 3.8) is 0 Å². The predicted molar refractivity (Wildman–Crippen MR) is 86.4 cm³/mol. The van der Waals surface area contributed by atoms with Gasteiger partial charge >= 0.3 is 0 Å². The molecule has 0 aliphatic rings. The Balaban J connectivity index is 1.82. The quantitative estimate of drug-likeness (QED) is 0.787. The van der Waals surface area contributed by atoms with Crippen molar-refractivity contribution in [1.82, 2.24) is 19.4 Å². The molecule has 0 fully saturated rings. The Morgan fingerprint density at radius 2 is 2.14 bits per heavy atom. The maximum absolute atomic E-state index is 4.49. The maximum atomic E-state index is 4.49. The van der Waals surface area contributed by atoms with Gasteiger partial charge in [-0.05, 0) is 19.1 Å². The van der Waals surface area contributed by atoms with Crippen LogP contribution in [0.25, 0.3) is 5.65 Å². The molecule has 0 unspecified atom stereocenters. The number of pyridine rings is 1. The first-order valence-electron chi connectivity index (χ1n) is 6.85. The third-order valence-electron chi connectivity index (χ3n) is 3.22. The number of rotatable bonds is 4. The summed E-state index contributed by atoms with van der Waals surface area (Å²) < 4.78 is 3.09. The first kappa shape index (κ1) is 14.0. The van der Waals surface area contributed by atoms with Crippen LogP contribution in [0.4, 0.5) is 5.82 Å². The summed E-state index contributed by atoms with van der Waals surface area (Å²) in [6.07, 6.45) is 4.72. The van der Waals surface area contributed by atoms with Crippen LogP contribution >= 0.6 is 15.9 Å². The van der Waals surface area contributed by atoms with E-state index >= 15 is 0 Å². The summed E-state index contributed by atoms with van der Waals surface area (Å²) in [6, 6.07) is 5.95. The molecule has 21 heavy (non-hydrogen) atoms. The Morgan fingerprint density at radius 3 is 2.95 bits per heavy atom. The van der Waals surface area contributed by atoms with Crippen molar-refractivity contribution in [3.8, 4) is 0 Å². The zero-order valence-corrected chi connectivity index (χ0v) is 13.6. The highest BCUT2D eigenvalue weighted by Crippen LogP contribution is 2.15. The molecule has 0 aliphatic heterocycles. The molecule has 0 radical (unpaired) electrons. The highest BCUT2D eigenvalue weighted by Gasteiger charge is 2.05. The van der Waals surface area contributed by atoms with Gasteiger partial charge in [-0.1, -0.05) is 22.9 Å². The van der Waals surface area contributed by atoms with Crippen molar-refractivity contribution < 1.29 is 0 Å². The molecule has 108 valence electrons. The van der Waals surface area contributed by atoms with Gasteiger partial charge in [0.05, 0.1) is 18.4 Å². The van der Waals surface area contributed by atoms with Crippen molar-refractivity contribution >= 4 is 27.4 Å². The molecule has 3 heterocycles. The van der Waals surface area contributed by atoms with Crippen LogP contribution < -0.4 is 5.32 Å². The van der Waals surface area contributed by atoms with Gasteiger partial charge in [-0.15, -0.1) is 0 Å². The van der Waals surface area contributed by atoms with E-state index in [1.807, 2.05) is 37.5 Å². The van der Waals surface area contributed by atoms with E-state index in [0.29, 0.717) is 6.54 Å². The Hall–Kier alpha value is -1.95. The predicted octanol–water partition coefficient (Wildman–Crippen LogP) is 3.37. The summed E-state index contributed by atoms with van der Waals surface area (Å²) >= 11 is 3.46. The molecule has 0 aromatic carbocycles. The number of hydrogen-bond acceptors (Lipinski definition) is 4. The molecule has 3 aromatic heterocycles. The number of aromatic nitrogens is 4. The lowest BCUT2D eigenvalue weighted by atomic mass is 10.3. The molecule has 0 aliphatic carbocycles. The highest BCUT2D eigenvalue weighted by atomic mass is 79.9. The zero-order chi connectivity index (χ0) is 14.8. The molecule has 0 saturated heterocycles. The number of nitrogens with one attached hydrogen (secondary N) is 1. The van der Waals surface area contributed by atoms with Crippen molar-refractivity contribution in [2.24, 2.45) is 0 Å². The summed E-state index contributed by atoms with van der Waals surface area (Å²) in [5, 5.41) is 3.35. The smallest absolute Gasteiger partial charge is 0.138 e. The number of aryl methyl sites for hydroxylation is 2. The van der Waals surface area contributed by atoms with Crippen molar-refractivity contribution in [3.05, 3.63) is 52.3 Å². The monoisotopic (exact) mass is 345 g/mol. The van der Waals surface area contributed by atoms with E-state index < -0.39 is 0 Å². The van der Waals surface area contributed by atoms with Crippen LogP contribution in [-0.2, 0) is 13.0 Å². The van der Waals surface area contributed by atoms with Crippen molar-refractivity contribution in [1.29, 1.82) is 0 Å². The fraction of sp³-hybridized carbons (Fsp3) is 0.267. The van der Waals surface area contributed by atoms with Gasteiger partial charge in [0, 0.05) is 28.9 Å². The standard InChI is InChI=1S/C15H16BrN5/c1-3-13-19-10(2)6-14(20-13)17-8-12-9-18-15-7-11(16)4-5-21(12)15/h4-7,9H,3,8H2,1-2H3,(H,17,19,20). The second-order valence-corrected chi connectivity index (χ2v) is 5.76. The SMILES string of the molecule is CCc1nc(C)cc(NCc2cnc3cc(Br)ccn23)n1. The van der Waals surface area contributed by atoms with E-state index in [1.54, 1.807) is 0 Å². The van der Waals surface area contributed by atoms with Crippen LogP contribution in [0.15, 0.2) is 35.1 Å². The lowest BCUT2D eigenvalue weighted by Gasteiger charge is -2.08. The lowest BCUT2D eigenvalue weighted by molar-refractivity contribution is 0.905. The Morgan fingerprint density at radius 1 is 1.29 bits per heavy atom. The van der Waals surface area contributed by atoms with E-state index in [-0.39, 0.29) is 0 Å². The average Bonchev–Trinajstić information content (AvgIpc) is 2.86. The minimum atomic E-state index is 0.669. The Labute approximate surface area is 131 Å². The number of anilines is 1. The van der Waals surface area contributed by atoms with Gasteiger partial charge < -0.3 is 9.72 Å². The fourth-order valence-electron chi connectivity index (χ4n) is 2.20. The minimum absolute atomic E-state index is 0.669. The van der Waals surface area contributed by atoms with Crippen molar-refractivity contribution in [2.45, 2.75) is 26.8 Å². The first-order valence-corrected chi connectivity index (χ1v) is 7.65. The lowest BCUT2D eigenvalue weighted by Crippen LogP contribution is -2.06. The Kier molecular flexibility index (Phi) is 3.88. The summed E-state index contributed by atoms with van der Waals surface area (Å²) in [5.74, 6) is 1.71. The van der Waals surface area contributed by atoms with Crippen LogP contribution in [0, 0.1) is 6.92 Å². The average molecular weight is 346 g/mol. The van der Waals surface area contributed by atoms with Gasteiger partial charge in [-0.2, -0.15) is 0 Å². The molecule has 3 rings (SSSR count). The molecule has 5 nitrogen and oxygen atoms in total.